The molecule has 7 nitrogen and oxygen atoms in total. The van der Waals surface area contributed by atoms with Crippen LogP contribution >= 0.6 is 11.6 Å². The summed E-state index contributed by atoms with van der Waals surface area (Å²) >= 11 is 6.17. The number of nitrogens with two attached hydrogens (primary N) is 1. The highest BCUT2D eigenvalue weighted by atomic mass is 35.5. The molecule has 1 fully saturated rings. The van der Waals surface area contributed by atoms with Gasteiger partial charge in [-0.3, -0.25) is 9.69 Å². The van der Waals surface area contributed by atoms with E-state index < -0.39 is 5.91 Å². The summed E-state index contributed by atoms with van der Waals surface area (Å²) in [7, 11) is 2.16. The SMILES string of the molecule is CN1CCN(c2ncc(C(N)=O)cn2)CC1CCc1c[nH]c2ccc(Cl)cc12. The Morgan fingerprint density at radius 2 is 2.11 bits per heavy atom. The molecule has 1 aliphatic heterocycles. The Bertz CT molecular complexity index is 986. The fraction of sp³-hybridized carbons (Fsp3) is 0.350. The first kappa shape index (κ1) is 18.7. The van der Waals surface area contributed by atoms with E-state index in [4.69, 9.17) is 17.3 Å². The van der Waals surface area contributed by atoms with E-state index in [9.17, 15) is 4.79 Å². The number of nitrogens with one attached hydrogen (secondary N) is 1. The van der Waals surface area contributed by atoms with E-state index in [2.05, 4.69) is 38.0 Å². The Hall–Kier alpha value is -2.64. The summed E-state index contributed by atoms with van der Waals surface area (Å²) in [4.78, 5) is 27.7. The maximum atomic E-state index is 11.2. The minimum Gasteiger partial charge on any atom is -0.366 e. The number of aryl methyl sites for hydroxylation is 1. The van der Waals surface area contributed by atoms with Crippen LogP contribution in [0.3, 0.4) is 0 Å². The topological polar surface area (TPSA) is 91.1 Å². The number of piperazine rings is 1. The van der Waals surface area contributed by atoms with Crippen molar-refractivity contribution in [3.8, 4) is 0 Å². The van der Waals surface area contributed by atoms with Gasteiger partial charge in [-0.25, -0.2) is 9.97 Å². The van der Waals surface area contributed by atoms with E-state index in [-0.39, 0.29) is 0 Å². The number of H-pyrrole nitrogens is 1. The fourth-order valence-corrected chi connectivity index (χ4v) is 3.90. The number of carbonyl (C=O) groups excluding carboxylic acids is 1. The zero-order valence-corrected chi connectivity index (χ0v) is 16.5. The summed E-state index contributed by atoms with van der Waals surface area (Å²) in [6.45, 7) is 2.63. The second kappa shape index (κ2) is 7.77. The van der Waals surface area contributed by atoms with Gasteiger partial charge in [-0.05, 0) is 43.7 Å². The molecule has 146 valence electrons. The van der Waals surface area contributed by atoms with Gasteiger partial charge in [-0.15, -0.1) is 0 Å². The van der Waals surface area contributed by atoms with Crippen LogP contribution in [-0.4, -0.2) is 58.5 Å². The molecule has 3 N–H and O–H groups in total. The molecular weight excluding hydrogens is 376 g/mol. The molecule has 28 heavy (non-hydrogen) atoms. The maximum Gasteiger partial charge on any atom is 0.251 e. The highest BCUT2D eigenvalue weighted by molar-refractivity contribution is 6.31. The average Bonchev–Trinajstić information content (AvgIpc) is 3.09. The number of likely N-dealkylation sites (N-methyl/N-ethyl adjacent to an activating group) is 1. The molecule has 4 rings (SSSR count). The van der Waals surface area contributed by atoms with Gasteiger partial charge in [-0.2, -0.15) is 0 Å². The lowest BCUT2D eigenvalue weighted by molar-refractivity contribution is 0.0999. The number of hydrogen-bond acceptors (Lipinski definition) is 5. The van der Waals surface area contributed by atoms with Gasteiger partial charge >= 0.3 is 0 Å². The van der Waals surface area contributed by atoms with E-state index in [1.807, 2.05) is 18.2 Å². The first-order chi connectivity index (χ1) is 13.5. The quantitative estimate of drug-likeness (QED) is 0.688. The highest BCUT2D eigenvalue weighted by Crippen LogP contribution is 2.25. The van der Waals surface area contributed by atoms with Crippen LogP contribution in [-0.2, 0) is 6.42 Å². The van der Waals surface area contributed by atoms with Crippen molar-refractivity contribution in [3.63, 3.8) is 0 Å². The number of benzene rings is 1. The Morgan fingerprint density at radius 3 is 2.86 bits per heavy atom. The lowest BCUT2D eigenvalue weighted by Crippen LogP contribution is -2.52. The lowest BCUT2D eigenvalue weighted by atomic mass is 10.0. The minimum atomic E-state index is -0.512. The predicted molar refractivity (Wildman–Crippen MR) is 111 cm³/mol. The van der Waals surface area contributed by atoms with E-state index in [0.29, 0.717) is 17.6 Å². The van der Waals surface area contributed by atoms with Crippen LogP contribution in [0, 0.1) is 0 Å². The van der Waals surface area contributed by atoms with Gasteiger partial charge in [0.2, 0.25) is 5.95 Å². The number of hydrogen-bond donors (Lipinski definition) is 2. The molecule has 1 saturated heterocycles. The minimum absolute atomic E-state index is 0.326. The van der Waals surface area contributed by atoms with Crippen molar-refractivity contribution in [2.75, 3.05) is 31.6 Å². The molecule has 0 aliphatic carbocycles. The van der Waals surface area contributed by atoms with Gasteiger partial charge < -0.3 is 15.6 Å². The number of amides is 1. The lowest BCUT2D eigenvalue weighted by Gasteiger charge is -2.39. The van der Waals surface area contributed by atoms with Crippen LogP contribution in [0.25, 0.3) is 10.9 Å². The molecule has 0 bridgehead atoms. The second-order valence-corrected chi connectivity index (χ2v) is 7.70. The Balaban J connectivity index is 1.44. The number of rotatable bonds is 5. The molecule has 2 aromatic heterocycles. The fourth-order valence-electron chi connectivity index (χ4n) is 3.73. The first-order valence-electron chi connectivity index (χ1n) is 9.34. The summed E-state index contributed by atoms with van der Waals surface area (Å²) in [6.07, 6.45) is 7.05. The summed E-state index contributed by atoms with van der Waals surface area (Å²) < 4.78 is 0. The number of halogens is 1. The van der Waals surface area contributed by atoms with E-state index in [0.717, 1.165) is 43.0 Å². The number of aromatic nitrogens is 3. The number of carbonyl (C=O) groups is 1. The van der Waals surface area contributed by atoms with Crippen molar-refractivity contribution in [1.29, 1.82) is 0 Å². The Kier molecular flexibility index (Phi) is 5.19. The molecule has 3 heterocycles. The number of nitrogens with zero attached hydrogens (tertiary/aromatic N) is 4. The zero-order chi connectivity index (χ0) is 19.7. The van der Waals surface area contributed by atoms with E-state index >= 15 is 0 Å². The maximum absolute atomic E-state index is 11.2. The average molecular weight is 399 g/mol. The highest BCUT2D eigenvalue weighted by Gasteiger charge is 2.26. The molecule has 1 amide bonds. The third-order valence-electron chi connectivity index (χ3n) is 5.46. The van der Waals surface area contributed by atoms with Crippen molar-refractivity contribution < 1.29 is 4.79 Å². The number of anilines is 1. The molecule has 0 radical (unpaired) electrons. The standard InChI is InChI=1S/C20H23ClN6O/c1-26-6-7-27(20-24-10-14(11-25-20)19(22)28)12-16(26)4-2-13-9-23-18-5-3-15(21)8-17(13)18/h3,5,8-11,16,23H,2,4,6-7,12H2,1H3,(H2,22,28). The number of aromatic amines is 1. The molecular formula is C20H23ClN6O. The van der Waals surface area contributed by atoms with Crippen molar-refractivity contribution in [2.24, 2.45) is 5.73 Å². The normalized spacial score (nSPS) is 17.9. The van der Waals surface area contributed by atoms with Crippen LogP contribution in [0.4, 0.5) is 5.95 Å². The van der Waals surface area contributed by atoms with Crippen LogP contribution in [0.5, 0.6) is 0 Å². The first-order valence-corrected chi connectivity index (χ1v) is 9.71. The molecule has 1 atom stereocenters. The molecule has 1 unspecified atom stereocenters. The predicted octanol–water partition coefficient (Wildman–Crippen LogP) is 2.46. The Morgan fingerprint density at radius 1 is 1.32 bits per heavy atom. The third kappa shape index (κ3) is 3.81. The molecule has 1 aromatic carbocycles. The third-order valence-corrected chi connectivity index (χ3v) is 5.69. The monoisotopic (exact) mass is 398 g/mol. The number of fused-ring (bicyclic) bond motifs is 1. The van der Waals surface area contributed by atoms with Gasteiger partial charge in [0.05, 0.1) is 5.56 Å². The van der Waals surface area contributed by atoms with Crippen molar-refractivity contribution in [1.82, 2.24) is 19.9 Å². The molecule has 8 heteroatoms. The summed E-state index contributed by atoms with van der Waals surface area (Å²) in [6, 6.07) is 6.33. The smallest absolute Gasteiger partial charge is 0.251 e. The van der Waals surface area contributed by atoms with Gasteiger partial charge in [0, 0.05) is 60.2 Å². The van der Waals surface area contributed by atoms with Gasteiger partial charge in [0.15, 0.2) is 0 Å². The largest absolute Gasteiger partial charge is 0.366 e. The summed E-state index contributed by atoms with van der Waals surface area (Å²) in [5.41, 5.74) is 7.99. The second-order valence-electron chi connectivity index (χ2n) is 7.26. The van der Waals surface area contributed by atoms with Crippen LogP contribution < -0.4 is 10.6 Å². The van der Waals surface area contributed by atoms with Crippen molar-refractivity contribution in [3.05, 3.63) is 52.9 Å². The Labute approximate surface area is 168 Å². The van der Waals surface area contributed by atoms with Crippen molar-refractivity contribution >= 4 is 34.4 Å². The molecule has 0 saturated carbocycles. The van der Waals surface area contributed by atoms with E-state index in [1.54, 1.807) is 0 Å². The summed E-state index contributed by atoms with van der Waals surface area (Å²) in [5.74, 6) is 0.128. The van der Waals surface area contributed by atoms with Crippen LogP contribution in [0.2, 0.25) is 5.02 Å². The molecule has 1 aliphatic rings. The van der Waals surface area contributed by atoms with Gasteiger partial charge in [-0.1, -0.05) is 11.6 Å². The van der Waals surface area contributed by atoms with E-state index in [1.165, 1.54) is 23.3 Å². The molecule has 0 spiro atoms. The van der Waals surface area contributed by atoms with Gasteiger partial charge in [0.1, 0.15) is 0 Å². The molecule has 3 aromatic rings. The van der Waals surface area contributed by atoms with Crippen LogP contribution in [0.1, 0.15) is 22.3 Å². The van der Waals surface area contributed by atoms with Crippen LogP contribution in [0.15, 0.2) is 36.8 Å². The zero-order valence-electron chi connectivity index (χ0n) is 15.7. The number of primary amides is 1. The van der Waals surface area contributed by atoms with Crippen molar-refractivity contribution in [2.45, 2.75) is 18.9 Å². The van der Waals surface area contributed by atoms with Gasteiger partial charge in [0.25, 0.3) is 5.91 Å². The summed E-state index contributed by atoms with van der Waals surface area (Å²) in [5, 5.41) is 1.94.